The average Bonchev–Trinajstić information content (AvgIpc) is 3.00. The number of nitriles is 1. The average molecular weight is 309 g/mol. The summed E-state index contributed by atoms with van der Waals surface area (Å²) in [5.41, 5.74) is 0.879. The molecule has 3 rings (SSSR count). The normalized spacial score (nSPS) is 15.4. The van der Waals surface area contributed by atoms with E-state index in [0.717, 1.165) is 38.3 Å². The summed E-state index contributed by atoms with van der Waals surface area (Å²) in [6.07, 6.45) is 7.31. The van der Waals surface area contributed by atoms with Crippen LogP contribution in [0.2, 0.25) is 0 Å². The zero-order valence-electron chi connectivity index (χ0n) is 13.1. The molecule has 0 aromatic carbocycles. The van der Waals surface area contributed by atoms with Gasteiger partial charge in [0.2, 0.25) is 0 Å². The first-order valence-corrected chi connectivity index (χ1v) is 7.80. The Morgan fingerprint density at radius 2 is 2.13 bits per heavy atom. The van der Waals surface area contributed by atoms with Gasteiger partial charge < -0.3 is 9.47 Å². The number of hydrogen-bond acceptors (Lipinski definition) is 4. The lowest BCUT2D eigenvalue weighted by atomic mass is 9.96. The number of carbonyl (C=O) groups excluding carboxylic acids is 1. The van der Waals surface area contributed by atoms with Crippen LogP contribution in [0.15, 0.2) is 30.7 Å². The second-order valence-corrected chi connectivity index (χ2v) is 5.91. The van der Waals surface area contributed by atoms with Crippen molar-refractivity contribution in [3.05, 3.63) is 47.8 Å². The minimum absolute atomic E-state index is 0.000693. The van der Waals surface area contributed by atoms with Crippen molar-refractivity contribution in [1.29, 1.82) is 5.26 Å². The maximum atomic E-state index is 12.5. The van der Waals surface area contributed by atoms with Crippen LogP contribution >= 0.6 is 0 Å². The first-order chi connectivity index (χ1) is 11.2. The lowest BCUT2D eigenvalue weighted by Crippen LogP contribution is -2.39. The topological polar surface area (TPSA) is 74.8 Å². The minimum Gasteiger partial charge on any atom is -0.339 e. The quantitative estimate of drug-likeness (QED) is 0.869. The van der Waals surface area contributed by atoms with E-state index in [4.69, 9.17) is 5.26 Å². The monoisotopic (exact) mass is 309 g/mol. The third kappa shape index (κ3) is 3.39. The fourth-order valence-corrected chi connectivity index (χ4v) is 2.96. The molecule has 23 heavy (non-hydrogen) atoms. The fourth-order valence-electron chi connectivity index (χ4n) is 2.96. The van der Waals surface area contributed by atoms with Gasteiger partial charge in [-0.3, -0.25) is 4.79 Å². The summed E-state index contributed by atoms with van der Waals surface area (Å²) in [5, 5.41) is 8.76. The molecule has 2 aromatic rings. The number of nitrogens with zero attached hydrogens (tertiary/aromatic N) is 5. The first kappa shape index (κ1) is 15.2. The SMILES string of the molecule is Cc1nccn1CC1CCN(C(=O)c2ccc(C#N)nc2)CC1. The van der Waals surface area contributed by atoms with Gasteiger partial charge in [0, 0.05) is 38.2 Å². The number of aromatic nitrogens is 3. The molecule has 0 aliphatic carbocycles. The Bertz CT molecular complexity index is 720. The molecule has 118 valence electrons. The Hall–Kier alpha value is -2.68. The molecule has 1 aliphatic rings. The van der Waals surface area contributed by atoms with E-state index in [2.05, 4.69) is 14.5 Å². The van der Waals surface area contributed by atoms with Crippen LogP contribution < -0.4 is 0 Å². The smallest absolute Gasteiger partial charge is 0.255 e. The highest BCUT2D eigenvalue weighted by atomic mass is 16.2. The summed E-state index contributed by atoms with van der Waals surface area (Å²) < 4.78 is 2.17. The minimum atomic E-state index is -0.000693. The maximum Gasteiger partial charge on any atom is 0.255 e. The van der Waals surface area contributed by atoms with Crippen molar-refractivity contribution < 1.29 is 4.79 Å². The Morgan fingerprint density at radius 3 is 2.70 bits per heavy atom. The number of imidazole rings is 1. The summed E-state index contributed by atoms with van der Waals surface area (Å²) >= 11 is 0. The van der Waals surface area contributed by atoms with Crippen molar-refractivity contribution in [3.63, 3.8) is 0 Å². The van der Waals surface area contributed by atoms with E-state index in [0.29, 0.717) is 17.2 Å². The number of pyridine rings is 1. The van der Waals surface area contributed by atoms with Crippen molar-refractivity contribution in [2.24, 2.45) is 5.92 Å². The summed E-state index contributed by atoms with van der Waals surface area (Å²) in [6.45, 7) is 4.50. The number of hydrogen-bond donors (Lipinski definition) is 0. The van der Waals surface area contributed by atoms with E-state index in [1.165, 1.54) is 6.20 Å². The van der Waals surface area contributed by atoms with Gasteiger partial charge in [-0.15, -0.1) is 0 Å². The molecule has 0 radical (unpaired) electrons. The molecule has 0 N–H and O–H groups in total. The third-order valence-electron chi connectivity index (χ3n) is 4.41. The van der Waals surface area contributed by atoms with Gasteiger partial charge in [-0.05, 0) is 37.8 Å². The van der Waals surface area contributed by atoms with Crippen molar-refractivity contribution in [1.82, 2.24) is 19.4 Å². The van der Waals surface area contributed by atoms with Gasteiger partial charge in [0.05, 0.1) is 5.56 Å². The highest BCUT2D eigenvalue weighted by Gasteiger charge is 2.24. The zero-order chi connectivity index (χ0) is 16.2. The molecular weight excluding hydrogens is 290 g/mol. The number of aryl methyl sites for hydroxylation is 1. The second kappa shape index (κ2) is 6.61. The molecule has 0 bridgehead atoms. The van der Waals surface area contributed by atoms with Gasteiger partial charge in [0.15, 0.2) is 0 Å². The van der Waals surface area contributed by atoms with E-state index in [-0.39, 0.29) is 5.91 Å². The van der Waals surface area contributed by atoms with Crippen LogP contribution in [-0.4, -0.2) is 38.4 Å². The fraction of sp³-hybridized carbons (Fsp3) is 0.412. The van der Waals surface area contributed by atoms with Gasteiger partial charge in [-0.2, -0.15) is 5.26 Å². The van der Waals surface area contributed by atoms with Crippen LogP contribution in [0, 0.1) is 24.2 Å². The molecule has 0 atom stereocenters. The van der Waals surface area contributed by atoms with E-state index in [9.17, 15) is 4.79 Å². The molecule has 1 amide bonds. The van der Waals surface area contributed by atoms with Crippen LogP contribution in [-0.2, 0) is 6.54 Å². The van der Waals surface area contributed by atoms with Gasteiger partial charge >= 0.3 is 0 Å². The standard InChI is InChI=1S/C17H19N5O/c1-13-19-6-9-22(13)12-14-4-7-21(8-5-14)17(23)15-2-3-16(10-18)20-11-15/h2-3,6,9,11,14H,4-5,7-8,12H2,1H3. The molecule has 0 saturated carbocycles. The Morgan fingerprint density at radius 1 is 1.35 bits per heavy atom. The number of rotatable bonds is 3. The Labute approximate surface area is 135 Å². The van der Waals surface area contributed by atoms with Gasteiger partial charge in [0.25, 0.3) is 5.91 Å². The van der Waals surface area contributed by atoms with Crippen molar-refractivity contribution in [2.45, 2.75) is 26.3 Å². The lowest BCUT2D eigenvalue weighted by molar-refractivity contribution is 0.0682. The molecule has 6 heteroatoms. The summed E-state index contributed by atoms with van der Waals surface area (Å²) in [7, 11) is 0. The Balaban J connectivity index is 1.56. The number of piperidine rings is 1. The molecule has 1 aliphatic heterocycles. The van der Waals surface area contributed by atoms with Crippen LogP contribution in [0.3, 0.4) is 0 Å². The van der Waals surface area contributed by atoms with E-state index < -0.39 is 0 Å². The molecule has 3 heterocycles. The van der Waals surface area contributed by atoms with Crippen LogP contribution in [0.4, 0.5) is 0 Å². The Kier molecular flexibility index (Phi) is 4.38. The highest BCUT2D eigenvalue weighted by molar-refractivity contribution is 5.94. The van der Waals surface area contributed by atoms with Crippen LogP contribution in [0.25, 0.3) is 0 Å². The third-order valence-corrected chi connectivity index (χ3v) is 4.41. The van der Waals surface area contributed by atoms with E-state index >= 15 is 0 Å². The number of likely N-dealkylation sites (tertiary alicyclic amines) is 1. The lowest BCUT2D eigenvalue weighted by Gasteiger charge is -2.32. The van der Waals surface area contributed by atoms with Gasteiger partial charge in [0.1, 0.15) is 17.6 Å². The van der Waals surface area contributed by atoms with Gasteiger partial charge in [-0.1, -0.05) is 0 Å². The molecule has 6 nitrogen and oxygen atoms in total. The highest BCUT2D eigenvalue weighted by Crippen LogP contribution is 2.21. The molecule has 2 aromatic heterocycles. The predicted molar refractivity (Wildman–Crippen MR) is 84.5 cm³/mol. The summed E-state index contributed by atoms with van der Waals surface area (Å²) in [6, 6.07) is 5.22. The van der Waals surface area contributed by atoms with Crippen molar-refractivity contribution in [3.8, 4) is 6.07 Å². The second-order valence-electron chi connectivity index (χ2n) is 5.91. The van der Waals surface area contributed by atoms with Crippen LogP contribution in [0.5, 0.6) is 0 Å². The zero-order valence-corrected chi connectivity index (χ0v) is 13.1. The molecular formula is C17H19N5O. The first-order valence-electron chi connectivity index (χ1n) is 7.80. The van der Waals surface area contributed by atoms with E-state index in [1.54, 1.807) is 12.1 Å². The van der Waals surface area contributed by atoms with Crippen molar-refractivity contribution >= 4 is 5.91 Å². The molecule has 0 spiro atoms. The molecule has 1 saturated heterocycles. The summed E-state index contributed by atoms with van der Waals surface area (Å²) in [4.78, 5) is 22.6. The summed E-state index contributed by atoms with van der Waals surface area (Å²) in [5.74, 6) is 1.61. The molecule has 0 unspecified atom stereocenters. The maximum absolute atomic E-state index is 12.5. The van der Waals surface area contributed by atoms with Gasteiger partial charge in [-0.25, -0.2) is 9.97 Å². The van der Waals surface area contributed by atoms with Crippen LogP contribution in [0.1, 0.15) is 34.7 Å². The number of carbonyl (C=O) groups is 1. The molecule has 1 fully saturated rings. The predicted octanol–water partition coefficient (Wildman–Crippen LogP) is 2.01. The largest absolute Gasteiger partial charge is 0.339 e. The van der Waals surface area contributed by atoms with Crippen molar-refractivity contribution in [2.75, 3.05) is 13.1 Å². The number of amides is 1. The van der Waals surface area contributed by atoms with E-state index in [1.807, 2.05) is 30.3 Å².